The fourth-order valence-corrected chi connectivity index (χ4v) is 4.72. The third-order valence-electron chi connectivity index (χ3n) is 6.08. The van der Waals surface area contributed by atoms with E-state index in [1.807, 2.05) is 19.8 Å². The first-order valence-electron chi connectivity index (χ1n) is 11.4. The van der Waals surface area contributed by atoms with E-state index in [-0.39, 0.29) is 18.5 Å². The van der Waals surface area contributed by atoms with Crippen molar-refractivity contribution in [2.75, 3.05) is 6.79 Å². The summed E-state index contributed by atoms with van der Waals surface area (Å²) >= 11 is 0. The highest BCUT2D eigenvalue weighted by Crippen LogP contribution is 2.46. The molecule has 3 aromatic rings. The largest absolute Gasteiger partial charge is 0.454 e. The van der Waals surface area contributed by atoms with E-state index in [4.69, 9.17) is 25.6 Å². The summed E-state index contributed by atoms with van der Waals surface area (Å²) in [5, 5.41) is 7.73. The molecule has 0 amide bonds. The molecule has 37 heavy (non-hydrogen) atoms. The van der Waals surface area contributed by atoms with Crippen molar-refractivity contribution in [1.29, 1.82) is 0 Å². The van der Waals surface area contributed by atoms with Crippen LogP contribution in [0.1, 0.15) is 32.4 Å². The van der Waals surface area contributed by atoms with Gasteiger partial charge in [0.25, 0.3) is 0 Å². The molecule has 3 atom stereocenters. The molecule has 0 saturated carbocycles. The normalized spacial score (nSPS) is 15.5. The van der Waals surface area contributed by atoms with Crippen molar-refractivity contribution in [1.82, 2.24) is 4.98 Å². The lowest BCUT2D eigenvalue weighted by atomic mass is 9.96. The lowest BCUT2D eigenvalue weighted by Gasteiger charge is -2.27. The van der Waals surface area contributed by atoms with Gasteiger partial charge in [0.05, 0.1) is 17.5 Å². The number of carbonyl (C=O) groups is 1. The highest BCUT2D eigenvalue weighted by molar-refractivity contribution is 7.42. The Bertz CT molecular complexity index is 1420. The van der Waals surface area contributed by atoms with Gasteiger partial charge in [0.2, 0.25) is 20.0 Å². The SMILES string of the molecule is C#CC(C(=O)Oc1c(-c2ccc(F)cc2)cc(-c2cccc3c2OCO3)nc1C(C)C)(C(C)O)[PH](=O)O. The number of hydrogen-bond donors (Lipinski definition) is 2. The molecule has 0 spiro atoms. The smallest absolute Gasteiger partial charge is 0.342 e. The van der Waals surface area contributed by atoms with Gasteiger partial charge < -0.3 is 24.2 Å². The molecule has 4 rings (SSSR count). The third-order valence-corrected chi connectivity index (χ3v) is 7.52. The van der Waals surface area contributed by atoms with Crippen LogP contribution in [0.3, 0.4) is 0 Å². The van der Waals surface area contributed by atoms with E-state index in [1.165, 1.54) is 24.3 Å². The van der Waals surface area contributed by atoms with Gasteiger partial charge in [-0.05, 0) is 48.7 Å². The first kappa shape index (κ1) is 26.4. The van der Waals surface area contributed by atoms with Crippen molar-refractivity contribution in [3.05, 3.63) is 60.0 Å². The molecule has 192 valence electrons. The number of fused-ring (bicyclic) bond motifs is 1. The quantitative estimate of drug-likeness (QED) is 0.263. The van der Waals surface area contributed by atoms with Crippen LogP contribution in [0.5, 0.6) is 17.2 Å². The number of esters is 1. The van der Waals surface area contributed by atoms with Gasteiger partial charge in [-0.25, -0.2) is 14.2 Å². The summed E-state index contributed by atoms with van der Waals surface area (Å²) in [6, 6.07) is 12.5. The number of para-hydroxylation sites is 1. The van der Waals surface area contributed by atoms with Gasteiger partial charge in [-0.15, -0.1) is 6.42 Å². The van der Waals surface area contributed by atoms with Crippen LogP contribution in [0.15, 0.2) is 48.5 Å². The Morgan fingerprint density at radius 1 is 1.19 bits per heavy atom. The minimum absolute atomic E-state index is 0.0244. The Morgan fingerprint density at radius 2 is 1.89 bits per heavy atom. The fourth-order valence-electron chi connectivity index (χ4n) is 4.02. The average Bonchev–Trinajstić information content (AvgIpc) is 3.34. The molecule has 2 N–H and O–H groups in total. The van der Waals surface area contributed by atoms with Gasteiger partial charge in [-0.3, -0.25) is 4.57 Å². The Morgan fingerprint density at radius 3 is 2.49 bits per heavy atom. The zero-order chi connectivity index (χ0) is 26.9. The lowest BCUT2D eigenvalue weighted by Crippen LogP contribution is -2.46. The van der Waals surface area contributed by atoms with E-state index < -0.39 is 31.1 Å². The molecular formula is C27H25FNO7P. The molecular weight excluding hydrogens is 500 g/mol. The summed E-state index contributed by atoms with van der Waals surface area (Å²) in [7, 11) is -3.78. The molecule has 1 aromatic heterocycles. The van der Waals surface area contributed by atoms with Crippen LogP contribution in [0, 0.1) is 18.2 Å². The van der Waals surface area contributed by atoms with E-state index in [1.54, 1.807) is 24.3 Å². The topological polar surface area (TPSA) is 115 Å². The number of carbonyl (C=O) groups excluding carboxylic acids is 1. The summed E-state index contributed by atoms with van der Waals surface area (Å²) in [5.74, 6) is 0.963. The summed E-state index contributed by atoms with van der Waals surface area (Å²) in [6.07, 6.45) is 3.78. The summed E-state index contributed by atoms with van der Waals surface area (Å²) in [5.41, 5.74) is 2.27. The average molecular weight is 525 g/mol. The molecule has 1 aliphatic rings. The number of terminal acetylenes is 1. The second-order valence-corrected chi connectivity index (χ2v) is 10.2. The highest BCUT2D eigenvalue weighted by atomic mass is 31.1. The van der Waals surface area contributed by atoms with Gasteiger partial charge in [-0.1, -0.05) is 38.0 Å². The highest BCUT2D eigenvalue weighted by Gasteiger charge is 2.49. The van der Waals surface area contributed by atoms with E-state index in [0.29, 0.717) is 39.6 Å². The van der Waals surface area contributed by atoms with Gasteiger partial charge in [0.1, 0.15) is 5.82 Å². The number of hydrogen-bond acceptors (Lipinski definition) is 7. The predicted molar refractivity (Wildman–Crippen MR) is 135 cm³/mol. The zero-order valence-electron chi connectivity index (χ0n) is 20.3. The molecule has 0 radical (unpaired) electrons. The number of aliphatic hydroxyl groups excluding tert-OH is 1. The Labute approximate surface area is 213 Å². The maximum atomic E-state index is 13.8. The zero-order valence-corrected chi connectivity index (χ0v) is 21.3. The van der Waals surface area contributed by atoms with Crippen LogP contribution < -0.4 is 14.2 Å². The van der Waals surface area contributed by atoms with Crippen molar-refractivity contribution >= 4 is 14.0 Å². The third kappa shape index (κ3) is 4.72. The number of rotatable bonds is 7. The summed E-state index contributed by atoms with van der Waals surface area (Å²) < 4.78 is 42.8. The molecule has 0 saturated heterocycles. The van der Waals surface area contributed by atoms with Crippen LogP contribution in [0.25, 0.3) is 22.4 Å². The number of nitrogens with zero attached hydrogens (tertiary/aromatic N) is 1. The molecule has 0 aliphatic carbocycles. The van der Waals surface area contributed by atoms with Crippen molar-refractivity contribution in [2.24, 2.45) is 0 Å². The van der Waals surface area contributed by atoms with Gasteiger partial charge >= 0.3 is 5.97 Å². The monoisotopic (exact) mass is 525 g/mol. The molecule has 3 unspecified atom stereocenters. The Hall–Kier alpha value is -3.70. The van der Waals surface area contributed by atoms with E-state index in [9.17, 15) is 23.7 Å². The van der Waals surface area contributed by atoms with Gasteiger partial charge in [0, 0.05) is 11.1 Å². The molecule has 2 aromatic carbocycles. The van der Waals surface area contributed by atoms with Crippen LogP contribution in [0.4, 0.5) is 4.39 Å². The number of benzene rings is 2. The van der Waals surface area contributed by atoms with Gasteiger partial charge in [0.15, 0.2) is 17.2 Å². The Kier molecular flexibility index (Phi) is 7.37. The number of aromatic nitrogens is 1. The van der Waals surface area contributed by atoms with Crippen LogP contribution in [-0.4, -0.2) is 39.0 Å². The first-order chi connectivity index (χ1) is 17.6. The number of ether oxygens (including phenoxy) is 3. The first-order valence-corrected chi connectivity index (χ1v) is 12.8. The van der Waals surface area contributed by atoms with Crippen LogP contribution in [0.2, 0.25) is 0 Å². The van der Waals surface area contributed by atoms with E-state index >= 15 is 0 Å². The van der Waals surface area contributed by atoms with Crippen molar-refractivity contribution < 1.29 is 38.0 Å². The predicted octanol–water partition coefficient (Wildman–Crippen LogP) is 4.53. The molecule has 0 bridgehead atoms. The lowest BCUT2D eigenvalue weighted by molar-refractivity contribution is -0.138. The maximum Gasteiger partial charge on any atom is 0.342 e. The summed E-state index contributed by atoms with van der Waals surface area (Å²) in [6.45, 7) is 4.84. The van der Waals surface area contributed by atoms with E-state index in [2.05, 4.69) is 0 Å². The summed E-state index contributed by atoms with van der Waals surface area (Å²) in [4.78, 5) is 27.9. The minimum atomic E-state index is -3.78. The standard InChI is InChI=1S/C27H25FNO7P/c1-5-27(16(4)30,37(32)33)26(31)36-25-20(17-9-11-18(28)12-10-17)13-21(29-23(25)15(2)3)19-7-6-8-22-24(19)35-14-34-22/h1,6-13,15-16,30,37H,14H2,2-4H3,(H,32,33). The second kappa shape index (κ2) is 10.3. The molecule has 10 heteroatoms. The van der Waals surface area contributed by atoms with Crippen LogP contribution in [-0.2, 0) is 9.36 Å². The van der Waals surface area contributed by atoms with E-state index in [0.717, 1.165) is 6.92 Å². The molecule has 0 fully saturated rings. The Balaban J connectivity index is 1.97. The number of halogens is 1. The van der Waals surface area contributed by atoms with Crippen molar-refractivity contribution in [2.45, 2.75) is 37.9 Å². The second-order valence-electron chi connectivity index (χ2n) is 8.79. The molecule has 2 heterocycles. The molecule has 8 nitrogen and oxygen atoms in total. The fraction of sp³-hybridized carbons (Fsp3) is 0.259. The van der Waals surface area contributed by atoms with Crippen molar-refractivity contribution in [3.63, 3.8) is 0 Å². The van der Waals surface area contributed by atoms with Crippen LogP contribution >= 0.6 is 8.03 Å². The number of aliphatic hydroxyl groups is 1. The maximum absolute atomic E-state index is 13.8. The number of pyridine rings is 1. The van der Waals surface area contributed by atoms with Crippen molar-refractivity contribution in [3.8, 4) is 52.0 Å². The minimum Gasteiger partial charge on any atom is -0.454 e. The van der Waals surface area contributed by atoms with Gasteiger partial charge in [-0.2, -0.15) is 0 Å². The molecule has 1 aliphatic heterocycles.